The van der Waals surface area contributed by atoms with Crippen LogP contribution in [0.3, 0.4) is 0 Å². The summed E-state index contributed by atoms with van der Waals surface area (Å²) in [6.07, 6.45) is -0.0934. The van der Waals surface area contributed by atoms with Crippen molar-refractivity contribution in [3.05, 3.63) is 17.0 Å². The van der Waals surface area contributed by atoms with Crippen LogP contribution in [-0.4, -0.2) is 38.0 Å². The lowest BCUT2D eigenvalue weighted by atomic mass is 10.3. The first-order valence-electron chi connectivity index (χ1n) is 5.61. The van der Waals surface area contributed by atoms with E-state index in [2.05, 4.69) is 0 Å². The van der Waals surface area contributed by atoms with E-state index in [0.717, 1.165) is 4.88 Å². The van der Waals surface area contributed by atoms with Crippen molar-refractivity contribution < 1.29 is 13.2 Å². The highest BCUT2D eigenvalue weighted by Crippen LogP contribution is 2.26. The van der Waals surface area contributed by atoms with E-state index in [1.165, 1.54) is 15.6 Å². The van der Waals surface area contributed by atoms with E-state index in [4.69, 9.17) is 4.74 Å². The second-order valence-electron chi connectivity index (χ2n) is 4.44. The van der Waals surface area contributed by atoms with E-state index >= 15 is 0 Å². The first-order chi connectivity index (χ1) is 7.89. The van der Waals surface area contributed by atoms with Crippen LogP contribution >= 0.6 is 11.3 Å². The summed E-state index contributed by atoms with van der Waals surface area (Å²) >= 11 is 1.32. The van der Waals surface area contributed by atoms with Crippen molar-refractivity contribution in [2.45, 2.75) is 37.2 Å². The van der Waals surface area contributed by atoms with E-state index in [0.29, 0.717) is 17.3 Å². The maximum absolute atomic E-state index is 12.4. The maximum Gasteiger partial charge on any atom is 0.252 e. The molecule has 0 aliphatic carbocycles. The van der Waals surface area contributed by atoms with Gasteiger partial charge in [-0.25, -0.2) is 8.42 Å². The molecule has 1 saturated heterocycles. The van der Waals surface area contributed by atoms with Gasteiger partial charge in [0, 0.05) is 18.0 Å². The summed E-state index contributed by atoms with van der Waals surface area (Å²) in [4.78, 5) is 1.01. The van der Waals surface area contributed by atoms with Crippen LogP contribution in [0.5, 0.6) is 0 Å². The van der Waals surface area contributed by atoms with Crippen LogP contribution < -0.4 is 0 Å². The molecule has 0 saturated carbocycles. The number of nitrogens with zero attached hydrogens (tertiary/aromatic N) is 1. The number of ether oxygens (including phenoxy) is 1. The summed E-state index contributed by atoms with van der Waals surface area (Å²) in [6.45, 7) is 6.58. The zero-order chi connectivity index (χ0) is 12.6. The zero-order valence-electron chi connectivity index (χ0n) is 10.2. The zero-order valence-corrected chi connectivity index (χ0v) is 11.8. The average Bonchev–Trinajstić information content (AvgIpc) is 2.64. The van der Waals surface area contributed by atoms with E-state index in [-0.39, 0.29) is 12.2 Å². The number of thiophene rings is 1. The van der Waals surface area contributed by atoms with Gasteiger partial charge >= 0.3 is 0 Å². The van der Waals surface area contributed by atoms with Gasteiger partial charge in [-0.05, 0) is 32.9 Å². The van der Waals surface area contributed by atoms with Gasteiger partial charge < -0.3 is 4.74 Å². The molecule has 6 heteroatoms. The van der Waals surface area contributed by atoms with Crippen LogP contribution in [0.25, 0.3) is 0 Å². The molecule has 17 heavy (non-hydrogen) atoms. The summed E-state index contributed by atoms with van der Waals surface area (Å²) in [7, 11) is -3.34. The van der Waals surface area contributed by atoms with Gasteiger partial charge in [0.2, 0.25) is 0 Å². The monoisotopic (exact) mass is 275 g/mol. The van der Waals surface area contributed by atoms with Gasteiger partial charge in [0.25, 0.3) is 10.0 Å². The van der Waals surface area contributed by atoms with Gasteiger partial charge in [-0.15, -0.1) is 11.3 Å². The van der Waals surface area contributed by atoms with Gasteiger partial charge in [0.15, 0.2) is 0 Å². The lowest BCUT2D eigenvalue weighted by Gasteiger charge is -2.34. The third-order valence-corrected chi connectivity index (χ3v) is 6.00. The molecule has 2 heterocycles. The molecule has 0 radical (unpaired) electrons. The van der Waals surface area contributed by atoms with Crippen molar-refractivity contribution in [1.29, 1.82) is 0 Å². The maximum atomic E-state index is 12.4. The topological polar surface area (TPSA) is 46.6 Å². The van der Waals surface area contributed by atoms with E-state index in [1.54, 1.807) is 6.07 Å². The number of sulfonamides is 1. The van der Waals surface area contributed by atoms with Gasteiger partial charge in [0.1, 0.15) is 4.21 Å². The Morgan fingerprint density at radius 2 is 1.88 bits per heavy atom. The third-order valence-electron chi connectivity index (χ3n) is 2.70. The van der Waals surface area contributed by atoms with Crippen molar-refractivity contribution in [2.75, 3.05) is 13.1 Å². The Morgan fingerprint density at radius 3 is 2.35 bits per heavy atom. The van der Waals surface area contributed by atoms with Crippen LogP contribution in [-0.2, 0) is 14.8 Å². The smallest absolute Gasteiger partial charge is 0.252 e. The standard InChI is InChI=1S/C11H17NO3S2/c1-8-6-12(7-9(2)15-8)17(13,14)11-5-4-10(3)16-11/h4-5,8-9H,6-7H2,1-3H3/t8-,9-/m1/s1. The molecular weight excluding hydrogens is 258 g/mol. The number of aryl methyl sites for hydroxylation is 1. The lowest BCUT2D eigenvalue weighted by molar-refractivity contribution is -0.0440. The molecule has 2 rings (SSSR count). The van der Waals surface area contributed by atoms with Crippen molar-refractivity contribution in [3.63, 3.8) is 0 Å². The summed E-state index contributed by atoms with van der Waals surface area (Å²) in [5.74, 6) is 0. The number of morpholine rings is 1. The average molecular weight is 275 g/mol. The Labute approximate surface area is 106 Å². The fourth-order valence-corrected chi connectivity index (χ4v) is 5.03. The van der Waals surface area contributed by atoms with Crippen LogP contribution in [0.15, 0.2) is 16.3 Å². The minimum Gasteiger partial charge on any atom is -0.373 e. The fourth-order valence-electron chi connectivity index (χ4n) is 2.00. The Morgan fingerprint density at radius 1 is 1.29 bits per heavy atom. The van der Waals surface area contributed by atoms with Crippen LogP contribution in [0.4, 0.5) is 0 Å². The highest BCUT2D eigenvalue weighted by atomic mass is 32.2. The molecule has 0 amide bonds. The van der Waals surface area contributed by atoms with Gasteiger partial charge in [-0.3, -0.25) is 0 Å². The summed E-state index contributed by atoms with van der Waals surface area (Å²) in [5.41, 5.74) is 0. The number of hydrogen-bond acceptors (Lipinski definition) is 4. The lowest BCUT2D eigenvalue weighted by Crippen LogP contribution is -2.47. The molecule has 0 N–H and O–H groups in total. The fraction of sp³-hybridized carbons (Fsp3) is 0.636. The second-order valence-corrected chi connectivity index (χ2v) is 7.90. The Bertz CT molecular complexity index is 485. The molecule has 1 aromatic heterocycles. The Hall–Kier alpha value is -0.430. The predicted molar refractivity (Wildman–Crippen MR) is 67.8 cm³/mol. The normalized spacial score (nSPS) is 27.2. The molecule has 4 nitrogen and oxygen atoms in total. The predicted octanol–water partition coefficient (Wildman–Crippen LogP) is 1.85. The molecular formula is C11H17NO3S2. The molecule has 1 fully saturated rings. The summed E-state index contributed by atoms with van der Waals surface area (Å²) in [5, 5.41) is 0. The van der Waals surface area contributed by atoms with Crippen LogP contribution in [0.2, 0.25) is 0 Å². The third kappa shape index (κ3) is 2.70. The molecule has 0 aromatic carbocycles. The molecule has 0 spiro atoms. The van der Waals surface area contributed by atoms with Crippen LogP contribution in [0, 0.1) is 6.92 Å². The molecule has 1 aliphatic rings. The molecule has 96 valence electrons. The molecule has 2 atom stereocenters. The van der Waals surface area contributed by atoms with Crippen molar-refractivity contribution in [1.82, 2.24) is 4.31 Å². The molecule has 0 unspecified atom stereocenters. The van der Waals surface area contributed by atoms with E-state index < -0.39 is 10.0 Å². The quantitative estimate of drug-likeness (QED) is 0.827. The Balaban J connectivity index is 2.26. The first-order valence-corrected chi connectivity index (χ1v) is 7.87. The van der Waals surface area contributed by atoms with Crippen molar-refractivity contribution >= 4 is 21.4 Å². The SMILES string of the molecule is Cc1ccc(S(=O)(=O)N2C[C@@H](C)O[C@H](C)C2)s1. The van der Waals surface area contributed by atoms with Crippen molar-refractivity contribution in [3.8, 4) is 0 Å². The molecule has 0 bridgehead atoms. The van der Waals surface area contributed by atoms with Gasteiger partial charge in [-0.2, -0.15) is 4.31 Å². The van der Waals surface area contributed by atoms with E-state index in [1.807, 2.05) is 26.8 Å². The minimum atomic E-state index is -3.34. The second kappa shape index (κ2) is 4.68. The minimum absolute atomic E-state index is 0.0467. The number of hydrogen-bond donors (Lipinski definition) is 0. The van der Waals surface area contributed by atoms with Crippen molar-refractivity contribution in [2.24, 2.45) is 0 Å². The first kappa shape index (κ1) is 13.0. The Kier molecular flexibility index (Phi) is 3.58. The van der Waals surface area contributed by atoms with E-state index in [9.17, 15) is 8.42 Å². The summed E-state index contributed by atoms with van der Waals surface area (Å²) in [6, 6.07) is 3.52. The number of rotatable bonds is 2. The van der Waals surface area contributed by atoms with Gasteiger partial charge in [0.05, 0.1) is 12.2 Å². The molecule has 1 aromatic rings. The van der Waals surface area contributed by atoms with Gasteiger partial charge in [-0.1, -0.05) is 0 Å². The highest BCUT2D eigenvalue weighted by Gasteiger charge is 2.32. The summed E-state index contributed by atoms with van der Waals surface area (Å²) < 4.78 is 32.2. The largest absolute Gasteiger partial charge is 0.373 e. The molecule has 1 aliphatic heterocycles. The van der Waals surface area contributed by atoms with Crippen LogP contribution in [0.1, 0.15) is 18.7 Å². The highest BCUT2D eigenvalue weighted by molar-refractivity contribution is 7.91.